The van der Waals surface area contributed by atoms with Crippen molar-refractivity contribution in [2.75, 3.05) is 10.6 Å². The molecule has 0 saturated carbocycles. The van der Waals surface area contributed by atoms with Crippen LogP contribution in [0.4, 0.5) is 11.4 Å². The summed E-state index contributed by atoms with van der Waals surface area (Å²) in [5, 5.41) is 7.55. The molecule has 0 spiro atoms. The highest BCUT2D eigenvalue weighted by molar-refractivity contribution is 9.10. The normalized spacial score (nSPS) is 10.3. The fourth-order valence-electron chi connectivity index (χ4n) is 2.27. The topological polar surface area (TPSA) is 58.2 Å². The van der Waals surface area contributed by atoms with Gasteiger partial charge in [-0.2, -0.15) is 0 Å². The molecular formula is C19H15BrN2O2S. The summed E-state index contributed by atoms with van der Waals surface area (Å²) in [6, 6.07) is 16.1. The number of hydrogen-bond donors (Lipinski definition) is 2. The lowest BCUT2D eigenvalue weighted by Gasteiger charge is -2.09. The molecular weight excluding hydrogens is 400 g/mol. The third kappa shape index (κ3) is 4.35. The zero-order chi connectivity index (χ0) is 17.8. The second kappa shape index (κ2) is 7.63. The van der Waals surface area contributed by atoms with Gasteiger partial charge >= 0.3 is 0 Å². The lowest BCUT2D eigenvalue weighted by Crippen LogP contribution is -2.13. The standard InChI is InChI=1S/C19H15BrN2O2S/c1-12-11-14(20)6-9-16(12)22-18(23)13-4-7-15(8-5-13)21-19(24)17-3-2-10-25-17/h2-11H,1H3,(H,21,24)(H,22,23). The smallest absolute Gasteiger partial charge is 0.265 e. The minimum atomic E-state index is -0.193. The van der Waals surface area contributed by atoms with Crippen molar-refractivity contribution in [2.24, 2.45) is 0 Å². The number of amides is 2. The molecule has 0 saturated heterocycles. The van der Waals surface area contributed by atoms with Crippen molar-refractivity contribution >= 4 is 50.5 Å². The molecule has 3 aromatic rings. The summed E-state index contributed by atoms with van der Waals surface area (Å²) in [5.41, 5.74) is 2.91. The molecule has 2 amide bonds. The molecule has 6 heteroatoms. The summed E-state index contributed by atoms with van der Waals surface area (Å²) in [6.07, 6.45) is 0. The van der Waals surface area contributed by atoms with E-state index in [4.69, 9.17) is 0 Å². The van der Waals surface area contributed by atoms with Crippen LogP contribution in [0.5, 0.6) is 0 Å². The molecule has 2 aromatic carbocycles. The van der Waals surface area contributed by atoms with Crippen LogP contribution in [0.15, 0.2) is 64.5 Å². The van der Waals surface area contributed by atoms with Crippen molar-refractivity contribution < 1.29 is 9.59 Å². The van der Waals surface area contributed by atoms with E-state index >= 15 is 0 Å². The quantitative estimate of drug-likeness (QED) is 0.606. The summed E-state index contributed by atoms with van der Waals surface area (Å²) < 4.78 is 0.967. The number of benzene rings is 2. The Bertz CT molecular complexity index is 906. The van der Waals surface area contributed by atoms with Crippen LogP contribution in [-0.4, -0.2) is 11.8 Å². The Balaban J connectivity index is 1.67. The Morgan fingerprint density at radius 1 is 0.960 bits per heavy atom. The van der Waals surface area contributed by atoms with Gasteiger partial charge in [-0.05, 0) is 66.4 Å². The highest BCUT2D eigenvalue weighted by Gasteiger charge is 2.10. The van der Waals surface area contributed by atoms with Crippen molar-refractivity contribution in [1.29, 1.82) is 0 Å². The zero-order valence-electron chi connectivity index (χ0n) is 13.4. The Labute approximate surface area is 158 Å². The second-order valence-corrected chi connectivity index (χ2v) is 7.29. The van der Waals surface area contributed by atoms with E-state index in [0.29, 0.717) is 16.1 Å². The van der Waals surface area contributed by atoms with Gasteiger partial charge in [0.2, 0.25) is 0 Å². The van der Waals surface area contributed by atoms with Crippen LogP contribution in [0.3, 0.4) is 0 Å². The van der Waals surface area contributed by atoms with Gasteiger partial charge in [0.1, 0.15) is 0 Å². The number of aryl methyl sites for hydroxylation is 1. The molecule has 1 heterocycles. The minimum Gasteiger partial charge on any atom is -0.322 e. The van der Waals surface area contributed by atoms with Crippen LogP contribution in [0.25, 0.3) is 0 Å². The highest BCUT2D eigenvalue weighted by atomic mass is 79.9. The van der Waals surface area contributed by atoms with E-state index in [9.17, 15) is 9.59 Å². The Morgan fingerprint density at radius 3 is 2.36 bits per heavy atom. The van der Waals surface area contributed by atoms with Gasteiger partial charge in [0.25, 0.3) is 11.8 Å². The Hall–Kier alpha value is -2.44. The third-order valence-electron chi connectivity index (χ3n) is 3.59. The van der Waals surface area contributed by atoms with Crippen LogP contribution in [0.1, 0.15) is 25.6 Å². The predicted molar refractivity (Wildman–Crippen MR) is 106 cm³/mol. The largest absolute Gasteiger partial charge is 0.322 e. The number of nitrogens with one attached hydrogen (secondary N) is 2. The third-order valence-corrected chi connectivity index (χ3v) is 4.95. The van der Waals surface area contributed by atoms with Crippen LogP contribution < -0.4 is 10.6 Å². The van der Waals surface area contributed by atoms with E-state index in [-0.39, 0.29) is 11.8 Å². The molecule has 0 aliphatic carbocycles. The number of halogens is 1. The van der Waals surface area contributed by atoms with Gasteiger partial charge in [-0.3, -0.25) is 9.59 Å². The first-order valence-corrected chi connectivity index (χ1v) is 9.22. The molecule has 0 unspecified atom stereocenters. The van der Waals surface area contributed by atoms with Crippen LogP contribution in [0.2, 0.25) is 0 Å². The Morgan fingerprint density at radius 2 is 1.72 bits per heavy atom. The molecule has 1 aromatic heterocycles. The maximum absolute atomic E-state index is 12.4. The molecule has 4 nitrogen and oxygen atoms in total. The molecule has 126 valence electrons. The molecule has 0 radical (unpaired) electrons. The van der Waals surface area contributed by atoms with Gasteiger partial charge in [-0.25, -0.2) is 0 Å². The maximum atomic E-state index is 12.4. The number of hydrogen-bond acceptors (Lipinski definition) is 3. The monoisotopic (exact) mass is 414 g/mol. The molecule has 0 atom stereocenters. The highest BCUT2D eigenvalue weighted by Crippen LogP contribution is 2.21. The summed E-state index contributed by atoms with van der Waals surface area (Å²) >= 11 is 4.79. The SMILES string of the molecule is Cc1cc(Br)ccc1NC(=O)c1ccc(NC(=O)c2cccs2)cc1. The molecule has 25 heavy (non-hydrogen) atoms. The van der Waals surface area contributed by atoms with Gasteiger partial charge in [0.15, 0.2) is 0 Å². The van der Waals surface area contributed by atoms with E-state index in [1.54, 1.807) is 30.3 Å². The minimum absolute atomic E-state index is 0.155. The van der Waals surface area contributed by atoms with Crippen LogP contribution in [0, 0.1) is 6.92 Å². The van der Waals surface area contributed by atoms with Crippen LogP contribution in [-0.2, 0) is 0 Å². The summed E-state index contributed by atoms with van der Waals surface area (Å²) in [6.45, 7) is 1.93. The lowest BCUT2D eigenvalue weighted by molar-refractivity contribution is 0.102. The number of thiophene rings is 1. The van der Waals surface area contributed by atoms with Gasteiger partial charge in [-0.15, -0.1) is 11.3 Å². The van der Waals surface area contributed by atoms with Crippen molar-refractivity contribution in [3.8, 4) is 0 Å². The fraction of sp³-hybridized carbons (Fsp3) is 0.0526. The average molecular weight is 415 g/mol. The maximum Gasteiger partial charge on any atom is 0.265 e. The van der Waals surface area contributed by atoms with Gasteiger partial charge in [0, 0.05) is 21.4 Å². The molecule has 0 bridgehead atoms. The summed E-state index contributed by atoms with van der Waals surface area (Å²) in [4.78, 5) is 25.0. The lowest BCUT2D eigenvalue weighted by atomic mass is 10.1. The van der Waals surface area contributed by atoms with Gasteiger partial charge < -0.3 is 10.6 Å². The van der Waals surface area contributed by atoms with Crippen LogP contribution >= 0.6 is 27.3 Å². The van der Waals surface area contributed by atoms with E-state index in [1.165, 1.54) is 11.3 Å². The predicted octanol–water partition coefficient (Wildman–Crippen LogP) is 5.32. The molecule has 2 N–H and O–H groups in total. The zero-order valence-corrected chi connectivity index (χ0v) is 15.8. The van der Waals surface area contributed by atoms with Crippen molar-refractivity contribution in [3.63, 3.8) is 0 Å². The van der Waals surface area contributed by atoms with E-state index in [2.05, 4.69) is 26.6 Å². The number of anilines is 2. The van der Waals surface area contributed by atoms with Gasteiger partial charge in [0.05, 0.1) is 4.88 Å². The molecule has 0 fully saturated rings. The van der Waals surface area contributed by atoms with Gasteiger partial charge in [-0.1, -0.05) is 22.0 Å². The fourth-order valence-corrected chi connectivity index (χ4v) is 3.36. The Kier molecular flexibility index (Phi) is 5.31. The van der Waals surface area contributed by atoms with E-state index in [1.807, 2.05) is 36.6 Å². The molecule has 3 rings (SSSR count). The van der Waals surface area contributed by atoms with Crippen molar-refractivity contribution in [1.82, 2.24) is 0 Å². The number of rotatable bonds is 4. The molecule has 0 aliphatic rings. The summed E-state index contributed by atoms with van der Waals surface area (Å²) in [5.74, 6) is -0.348. The van der Waals surface area contributed by atoms with E-state index in [0.717, 1.165) is 15.7 Å². The summed E-state index contributed by atoms with van der Waals surface area (Å²) in [7, 11) is 0. The molecule has 0 aliphatic heterocycles. The van der Waals surface area contributed by atoms with Crippen molar-refractivity contribution in [2.45, 2.75) is 6.92 Å². The van der Waals surface area contributed by atoms with E-state index < -0.39 is 0 Å². The second-order valence-electron chi connectivity index (χ2n) is 5.42. The number of carbonyl (C=O) groups is 2. The van der Waals surface area contributed by atoms with Crippen molar-refractivity contribution in [3.05, 3.63) is 80.5 Å². The first kappa shape index (κ1) is 17.4. The average Bonchev–Trinajstić information content (AvgIpc) is 3.13. The number of carbonyl (C=O) groups excluding carboxylic acids is 2. The first-order chi connectivity index (χ1) is 12.0. The first-order valence-electron chi connectivity index (χ1n) is 7.55.